The summed E-state index contributed by atoms with van der Waals surface area (Å²) in [7, 11) is 2.46. The molecule has 0 aromatic heterocycles. The molecular formula is C21H23NO6. The number of rotatable bonds is 6. The second-order valence-corrected chi connectivity index (χ2v) is 6.30. The van der Waals surface area contributed by atoms with Gasteiger partial charge >= 0.3 is 11.9 Å². The van der Waals surface area contributed by atoms with Gasteiger partial charge in [-0.3, -0.25) is 4.79 Å². The number of anilines is 1. The van der Waals surface area contributed by atoms with Gasteiger partial charge in [0.15, 0.2) is 6.10 Å². The molecule has 28 heavy (non-hydrogen) atoms. The molecule has 0 saturated heterocycles. The summed E-state index contributed by atoms with van der Waals surface area (Å²) >= 11 is 0. The molecule has 2 aromatic rings. The first-order chi connectivity index (χ1) is 13.2. The summed E-state index contributed by atoms with van der Waals surface area (Å²) in [6.45, 7) is 5.44. The molecule has 7 heteroatoms. The normalized spacial score (nSPS) is 11.3. The molecule has 148 valence electrons. The fourth-order valence-electron chi connectivity index (χ4n) is 2.49. The van der Waals surface area contributed by atoms with E-state index in [1.807, 2.05) is 32.0 Å². The van der Waals surface area contributed by atoms with Crippen LogP contribution in [0.2, 0.25) is 0 Å². The lowest BCUT2D eigenvalue weighted by atomic mass is 10.1. The van der Waals surface area contributed by atoms with Gasteiger partial charge < -0.3 is 19.5 Å². The molecule has 2 rings (SSSR count). The van der Waals surface area contributed by atoms with E-state index in [9.17, 15) is 14.4 Å². The molecule has 0 aliphatic heterocycles. The molecule has 2 aromatic carbocycles. The van der Waals surface area contributed by atoms with Crippen LogP contribution < -0.4 is 10.1 Å². The average molecular weight is 385 g/mol. The number of carbonyl (C=O) groups is 3. The Morgan fingerprint density at radius 1 is 0.893 bits per heavy atom. The predicted octanol–water partition coefficient (Wildman–Crippen LogP) is 3.28. The van der Waals surface area contributed by atoms with Gasteiger partial charge in [-0.2, -0.15) is 0 Å². The van der Waals surface area contributed by atoms with Crippen molar-refractivity contribution in [3.63, 3.8) is 0 Å². The number of hydrogen-bond acceptors (Lipinski definition) is 6. The van der Waals surface area contributed by atoms with Gasteiger partial charge in [0.25, 0.3) is 5.91 Å². The fraction of sp³-hybridized carbons (Fsp3) is 0.286. The standard InChI is InChI=1S/C21H23NO6/c1-12-6-7-13(2)18(8-12)28-14(3)19(23)22-17-10-15(20(24)26-4)9-16(11-17)21(25)27-5/h6-11,14H,1-5H3,(H,22,23)/t14-/m0/s1. The number of benzene rings is 2. The Morgan fingerprint density at radius 3 is 2.00 bits per heavy atom. The zero-order valence-corrected chi connectivity index (χ0v) is 16.5. The van der Waals surface area contributed by atoms with Gasteiger partial charge in [-0.1, -0.05) is 12.1 Å². The molecule has 7 nitrogen and oxygen atoms in total. The highest BCUT2D eigenvalue weighted by molar-refractivity contribution is 6.00. The van der Waals surface area contributed by atoms with Crippen LogP contribution in [0.1, 0.15) is 38.8 Å². The summed E-state index contributed by atoms with van der Waals surface area (Å²) in [5.74, 6) is -1.10. The summed E-state index contributed by atoms with van der Waals surface area (Å²) in [4.78, 5) is 36.2. The van der Waals surface area contributed by atoms with Crippen LogP contribution in [0.4, 0.5) is 5.69 Å². The van der Waals surface area contributed by atoms with Gasteiger partial charge in [-0.05, 0) is 56.2 Å². The zero-order chi connectivity index (χ0) is 20.8. The van der Waals surface area contributed by atoms with Gasteiger partial charge in [0.1, 0.15) is 5.75 Å². The second-order valence-electron chi connectivity index (χ2n) is 6.30. The lowest BCUT2D eigenvalue weighted by Gasteiger charge is -2.17. The van der Waals surface area contributed by atoms with Gasteiger partial charge in [-0.25, -0.2) is 9.59 Å². The molecule has 1 atom stereocenters. The van der Waals surface area contributed by atoms with E-state index in [0.29, 0.717) is 5.75 Å². The van der Waals surface area contributed by atoms with Crippen molar-refractivity contribution >= 4 is 23.5 Å². The number of carbonyl (C=O) groups excluding carboxylic acids is 3. The van der Waals surface area contributed by atoms with Crippen LogP contribution in [0.25, 0.3) is 0 Å². The summed E-state index contributed by atoms with van der Waals surface area (Å²) < 4.78 is 15.1. The fourth-order valence-corrected chi connectivity index (χ4v) is 2.49. The lowest BCUT2D eigenvalue weighted by molar-refractivity contribution is -0.122. The first-order valence-electron chi connectivity index (χ1n) is 8.61. The van der Waals surface area contributed by atoms with E-state index in [1.165, 1.54) is 32.4 Å². The van der Waals surface area contributed by atoms with Crippen molar-refractivity contribution in [1.82, 2.24) is 0 Å². The third-order valence-corrected chi connectivity index (χ3v) is 4.06. The number of methoxy groups -OCH3 is 2. The monoisotopic (exact) mass is 385 g/mol. The Hall–Kier alpha value is -3.35. The van der Waals surface area contributed by atoms with Crippen LogP contribution in [0.3, 0.4) is 0 Å². The van der Waals surface area contributed by atoms with Crippen molar-refractivity contribution in [2.24, 2.45) is 0 Å². The quantitative estimate of drug-likeness (QED) is 0.768. The first kappa shape index (κ1) is 21.0. The molecule has 1 amide bonds. The van der Waals surface area contributed by atoms with Gasteiger partial charge in [-0.15, -0.1) is 0 Å². The Balaban J connectivity index is 2.22. The molecular weight excluding hydrogens is 362 g/mol. The van der Waals surface area contributed by atoms with Gasteiger partial charge in [0, 0.05) is 5.69 Å². The smallest absolute Gasteiger partial charge is 0.337 e. The van der Waals surface area contributed by atoms with E-state index < -0.39 is 23.9 Å². The van der Waals surface area contributed by atoms with Gasteiger partial charge in [0.2, 0.25) is 0 Å². The lowest BCUT2D eigenvalue weighted by Crippen LogP contribution is -2.30. The average Bonchev–Trinajstić information content (AvgIpc) is 2.68. The molecule has 0 unspecified atom stereocenters. The highest BCUT2D eigenvalue weighted by Crippen LogP contribution is 2.22. The number of hydrogen-bond donors (Lipinski definition) is 1. The minimum absolute atomic E-state index is 0.115. The third kappa shape index (κ3) is 5.09. The molecule has 0 radical (unpaired) electrons. The Bertz CT molecular complexity index is 872. The molecule has 0 aliphatic carbocycles. The van der Waals surface area contributed by atoms with Crippen molar-refractivity contribution in [2.75, 3.05) is 19.5 Å². The van der Waals surface area contributed by atoms with E-state index >= 15 is 0 Å². The second kappa shape index (κ2) is 9.03. The van der Waals surface area contributed by atoms with Crippen LogP contribution in [-0.4, -0.2) is 38.2 Å². The number of nitrogens with one attached hydrogen (secondary N) is 1. The summed E-state index contributed by atoms with van der Waals surface area (Å²) in [5, 5.41) is 2.66. The van der Waals surface area contributed by atoms with Crippen LogP contribution in [0, 0.1) is 13.8 Å². The van der Waals surface area contributed by atoms with Crippen molar-refractivity contribution in [1.29, 1.82) is 0 Å². The summed E-state index contributed by atoms with van der Waals surface area (Å²) in [6.07, 6.45) is -0.802. The SMILES string of the molecule is COC(=O)c1cc(NC(=O)[C@H](C)Oc2cc(C)ccc2C)cc(C(=O)OC)c1. The number of aryl methyl sites for hydroxylation is 2. The molecule has 0 aliphatic rings. The van der Waals surface area contributed by atoms with Crippen LogP contribution in [0.15, 0.2) is 36.4 Å². The highest BCUT2D eigenvalue weighted by Gasteiger charge is 2.19. The Labute approximate surface area is 163 Å². The minimum Gasteiger partial charge on any atom is -0.481 e. The van der Waals surface area contributed by atoms with Gasteiger partial charge in [0.05, 0.1) is 25.3 Å². The Morgan fingerprint density at radius 2 is 1.46 bits per heavy atom. The number of ether oxygens (including phenoxy) is 3. The zero-order valence-electron chi connectivity index (χ0n) is 16.5. The molecule has 0 spiro atoms. The molecule has 0 bridgehead atoms. The maximum Gasteiger partial charge on any atom is 0.337 e. The van der Waals surface area contributed by atoms with Crippen molar-refractivity contribution in [3.05, 3.63) is 58.7 Å². The van der Waals surface area contributed by atoms with E-state index in [1.54, 1.807) is 6.92 Å². The van der Waals surface area contributed by atoms with Crippen molar-refractivity contribution in [3.8, 4) is 5.75 Å². The van der Waals surface area contributed by atoms with Crippen LogP contribution in [0.5, 0.6) is 5.75 Å². The maximum atomic E-state index is 12.5. The molecule has 1 N–H and O–H groups in total. The minimum atomic E-state index is -0.802. The molecule has 0 fully saturated rings. The largest absolute Gasteiger partial charge is 0.481 e. The topological polar surface area (TPSA) is 90.9 Å². The van der Waals surface area contributed by atoms with Crippen molar-refractivity contribution < 1.29 is 28.6 Å². The summed E-state index contributed by atoms with van der Waals surface area (Å²) in [6, 6.07) is 9.90. The molecule has 0 heterocycles. The van der Waals surface area contributed by atoms with Crippen molar-refractivity contribution in [2.45, 2.75) is 26.9 Å². The predicted molar refractivity (Wildman–Crippen MR) is 104 cm³/mol. The van der Waals surface area contributed by atoms with E-state index in [2.05, 4.69) is 14.8 Å². The molecule has 0 saturated carbocycles. The highest BCUT2D eigenvalue weighted by atomic mass is 16.5. The van der Waals surface area contributed by atoms with Crippen LogP contribution >= 0.6 is 0 Å². The maximum absolute atomic E-state index is 12.5. The first-order valence-corrected chi connectivity index (χ1v) is 8.61. The number of amides is 1. The van der Waals surface area contributed by atoms with E-state index in [4.69, 9.17) is 4.74 Å². The third-order valence-electron chi connectivity index (χ3n) is 4.06. The van der Waals surface area contributed by atoms with Crippen LogP contribution in [-0.2, 0) is 14.3 Å². The van der Waals surface area contributed by atoms with E-state index in [0.717, 1.165) is 11.1 Å². The Kier molecular flexibility index (Phi) is 6.76. The summed E-state index contributed by atoms with van der Waals surface area (Å²) in [5.41, 5.74) is 2.41. The van der Waals surface area contributed by atoms with E-state index in [-0.39, 0.29) is 16.8 Å². The number of esters is 2.